The normalized spacial score (nSPS) is 12.1. The van der Waals surface area contributed by atoms with Crippen LogP contribution in [0.5, 0.6) is 0 Å². The van der Waals surface area contributed by atoms with Crippen LogP contribution in [-0.4, -0.2) is 44.3 Å². The molecule has 0 saturated heterocycles. The number of hydrogen-bond donors (Lipinski definition) is 1. The molecule has 242 valence electrons. The molecule has 4 aromatic rings. The lowest BCUT2D eigenvalue weighted by Gasteiger charge is -2.34. The van der Waals surface area contributed by atoms with Crippen molar-refractivity contribution >= 4 is 27.5 Å². The van der Waals surface area contributed by atoms with E-state index in [1.54, 1.807) is 42.5 Å². The highest BCUT2D eigenvalue weighted by molar-refractivity contribution is 7.92. The van der Waals surface area contributed by atoms with Gasteiger partial charge in [-0.1, -0.05) is 86.1 Å². The molecule has 2 amide bonds. The van der Waals surface area contributed by atoms with Crippen LogP contribution in [0.2, 0.25) is 0 Å². The summed E-state index contributed by atoms with van der Waals surface area (Å²) >= 11 is 0. The van der Waals surface area contributed by atoms with Crippen LogP contribution in [0.25, 0.3) is 0 Å². The number of sulfonamides is 1. The highest BCUT2D eigenvalue weighted by atomic mass is 32.2. The molecule has 0 aliphatic heterocycles. The molecule has 0 radical (unpaired) electrons. The summed E-state index contributed by atoms with van der Waals surface area (Å²) in [5.74, 6) is -1.42. The first-order valence-electron chi connectivity index (χ1n) is 15.4. The Morgan fingerprint density at radius 2 is 1.41 bits per heavy atom. The summed E-state index contributed by atoms with van der Waals surface area (Å²) in [6.07, 6.45) is 0.152. The second kappa shape index (κ2) is 15.2. The van der Waals surface area contributed by atoms with Gasteiger partial charge in [-0.05, 0) is 73.7 Å². The molecule has 0 aliphatic rings. The first kappa shape index (κ1) is 34.4. The van der Waals surface area contributed by atoms with E-state index in [0.29, 0.717) is 12.2 Å². The van der Waals surface area contributed by atoms with Gasteiger partial charge in [0.2, 0.25) is 11.8 Å². The number of rotatable bonds is 13. The fraction of sp³-hybridized carbons (Fsp3) is 0.297. The molecular weight excluding hydrogens is 601 g/mol. The molecular formula is C37H42FN3O4S. The molecule has 9 heteroatoms. The van der Waals surface area contributed by atoms with Gasteiger partial charge in [0, 0.05) is 25.1 Å². The maximum absolute atomic E-state index is 15.1. The Labute approximate surface area is 272 Å². The van der Waals surface area contributed by atoms with Gasteiger partial charge < -0.3 is 10.2 Å². The van der Waals surface area contributed by atoms with Crippen LogP contribution in [0.1, 0.15) is 41.7 Å². The maximum Gasteiger partial charge on any atom is 0.264 e. The lowest BCUT2D eigenvalue weighted by Crippen LogP contribution is -2.53. The number of carbonyl (C=O) groups excluding carboxylic acids is 2. The molecule has 0 aromatic heterocycles. The standard InChI is InChI=1S/C37H42FN3O4S/c1-26(2)23-39-37(43)35(22-30-11-7-6-8-12-30)40(24-31-13-9-10-14-34(31)38)36(42)25-41(32-20-28(4)19-29(5)21-32)46(44,45)33-17-15-27(3)16-18-33/h6-21,26,35H,22-25H2,1-5H3,(H,39,43). The number of hydrogen-bond acceptors (Lipinski definition) is 4. The first-order valence-corrected chi connectivity index (χ1v) is 16.8. The predicted molar refractivity (Wildman–Crippen MR) is 180 cm³/mol. The molecule has 0 bridgehead atoms. The molecule has 0 spiro atoms. The van der Waals surface area contributed by atoms with Gasteiger partial charge in [0.25, 0.3) is 10.0 Å². The lowest BCUT2D eigenvalue weighted by atomic mass is 10.0. The lowest BCUT2D eigenvalue weighted by molar-refractivity contribution is -0.140. The minimum Gasteiger partial charge on any atom is -0.354 e. The van der Waals surface area contributed by atoms with Gasteiger partial charge in [0.05, 0.1) is 10.6 Å². The number of benzene rings is 4. The zero-order valence-corrected chi connectivity index (χ0v) is 27.9. The summed E-state index contributed by atoms with van der Waals surface area (Å²) < 4.78 is 44.6. The van der Waals surface area contributed by atoms with E-state index < -0.39 is 40.2 Å². The van der Waals surface area contributed by atoms with Crippen molar-refractivity contribution in [1.82, 2.24) is 10.2 Å². The minimum absolute atomic E-state index is 0.0289. The molecule has 0 heterocycles. The molecule has 0 aliphatic carbocycles. The second-order valence-electron chi connectivity index (χ2n) is 12.1. The van der Waals surface area contributed by atoms with Crippen LogP contribution in [-0.2, 0) is 32.6 Å². The fourth-order valence-corrected chi connectivity index (χ4v) is 6.65. The zero-order chi connectivity index (χ0) is 33.4. The van der Waals surface area contributed by atoms with Crippen molar-refractivity contribution in [3.63, 3.8) is 0 Å². The maximum atomic E-state index is 15.1. The van der Waals surface area contributed by atoms with Crippen molar-refractivity contribution in [3.05, 3.63) is 131 Å². The monoisotopic (exact) mass is 643 g/mol. The third-order valence-electron chi connectivity index (χ3n) is 7.64. The molecule has 0 saturated carbocycles. The van der Waals surface area contributed by atoms with Crippen LogP contribution >= 0.6 is 0 Å². The number of nitrogens with one attached hydrogen (secondary N) is 1. The Morgan fingerprint density at radius 1 is 0.804 bits per heavy atom. The van der Waals surface area contributed by atoms with Crippen molar-refractivity contribution < 1.29 is 22.4 Å². The number of carbonyl (C=O) groups is 2. The van der Waals surface area contributed by atoms with Crippen molar-refractivity contribution in [1.29, 1.82) is 0 Å². The Kier molecular flexibility index (Phi) is 11.4. The molecule has 46 heavy (non-hydrogen) atoms. The van der Waals surface area contributed by atoms with Crippen LogP contribution in [0.15, 0.2) is 102 Å². The summed E-state index contributed by atoms with van der Waals surface area (Å²) in [6.45, 7) is 9.04. The van der Waals surface area contributed by atoms with Crippen molar-refractivity contribution in [3.8, 4) is 0 Å². The second-order valence-corrected chi connectivity index (χ2v) is 14.0. The molecule has 1 N–H and O–H groups in total. The Hall–Kier alpha value is -4.50. The molecule has 0 fully saturated rings. The summed E-state index contributed by atoms with van der Waals surface area (Å²) in [5.41, 5.74) is 3.87. The average molecular weight is 644 g/mol. The Bertz CT molecular complexity index is 1740. The van der Waals surface area contributed by atoms with E-state index in [0.717, 1.165) is 26.6 Å². The van der Waals surface area contributed by atoms with Crippen molar-refractivity contribution in [2.45, 2.75) is 58.5 Å². The van der Waals surface area contributed by atoms with E-state index in [9.17, 15) is 18.0 Å². The largest absolute Gasteiger partial charge is 0.354 e. The Morgan fingerprint density at radius 3 is 2.02 bits per heavy atom. The summed E-state index contributed by atoms with van der Waals surface area (Å²) in [6, 6.07) is 26.1. The van der Waals surface area contributed by atoms with E-state index in [1.807, 2.05) is 71.0 Å². The summed E-state index contributed by atoms with van der Waals surface area (Å²) in [7, 11) is -4.23. The van der Waals surface area contributed by atoms with Gasteiger partial charge in [0.15, 0.2) is 0 Å². The van der Waals surface area contributed by atoms with E-state index in [2.05, 4.69) is 5.32 Å². The molecule has 1 unspecified atom stereocenters. The topological polar surface area (TPSA) is 86.8 Å². The SMILES string of the molecule is Cc1ccc(S(=O)(=O)N(CC(=O)N(Cc2ccccc2F)C(Cc2ccccc2)C(=O)NCC(C)C)c2cc(C)cc(C)c2)cc1. The average Bonchev–Trinajstić information content (AvgIpc) is 3.01. The summed E-state index contributed by atoms with van der Waals surface area (Å²) in [4.78, 5) is 29.7. The van der Waals surface area contributed by atoms with Gasteiger partial charge in [-0.15, -0.1) is 0 Å². The van der Waals surface area contributed by atoms with Gasteiger partial charge in [-0.25, -0.2) is 12.8 Å². The minimum atomic E-state index is -4.23. The molecule has 7 nitrogen and oxygen atoms in total. The smallest absolute Gasteiger partial charge is 0.264 e. The highest BCUT2D eigenvalue weighted by Crippen LogP contribution is 2.27. The van der Waals surface area contributed by atoms with Gasteiger partial charge in [-0.3, -0.25) is 13.9 Å². The van der Waals surface area contributed by atoms with Crippen LogP contribution < -0.4 is 9.62 Å². The number of anilines is 1. The van der Waals surface area contributed by atoms with Crippen LogP contribution in [0, 0.1) is 32.5 Å². The van der Waals surface area contributed by atoms with E-state index in [4.69, 9.17) is 0 Å². The first-order chi connectivity index (χ1) is 21.8. The van der Waals surface area contributed by atoms with Crippen LogP contribution in [0.4, 0.5) is 10.1 Å². The predicted octanol–water partition coefficient (Wildman–Crippen LogP) is 6.36. The highest BCUT2D eigenvalue weighted by Gasteiger charge is 2.35. The molecule has 4 rings (SSSR count). The van der Waals surface area contributed by atoms with Crippen molar-refractivity contribution in [2.75, 3.05) is 17.4 Å². The zero-order valence-electron chi connectivity index (χ0n) is 27.0. The van der Waals surface area contributed by atoms with Gasteiger partial charge >= 0.3 is 0 Å². The van der Waals surface area contributed by atoms with E-state index in [1.165, 1.54) is 23.1 Å². The van der Waals surface area contributed by atoms with Crippen molar-refractivity contribution in [2.24, 2.45) is 5.92 Å². The molecule has 1 atom stereocenters. The fourth-order valence-electron chi connectivity index (χ4n) is 5.25. The van der Waals surface area contributed by atoms with Gasteiger partial charge in [-0.2, -0.15) is 0 Å². The number of halogens is 1. The van der Waals surface area contributed by atoms with Gasteiger partial charge in [0.1, 0.15) is 18.4 Å². The quantitative estimate of drug-likeness (QED) is 0.184. The third kappa shape index (κ3) is 8.81. The van der Waals surface area contributed by atoms with E-state index >= 15 is 4.39 Å². The number of nitrogens with zero attached hydrogens (tertiary/aromatic N) is 2. The number of aryl methyl sites for hydroxylation is 3. The third-order valence-corrected chi connectivity index (χ3v) is 9.42. The summed E-state index contributed by atoms with van der Waals surface area (Å²) in [5, 5.41) is 2.94. The van der Waals surface area contributed by atoms with E-state index in [-0.39, 0.29) is 29.3 Å². The Balaban J connectivity index is 1.83. The van der Waals surface area contributed by atoms with Crippen LogP contribution in [0.3, 0.4) is 0 Å². The molecule has 4 aromatic carbocycles. The number of amides is 2.